The number of amides is 1. The maximum atomic E-state index is 12.8. The first kappa shape index (κ1) is 20.6. The number of nitrogens with one attached hydrogen (secondary N) is 1. The molecule has 1 aliphatic rings. The third-order valence-electron chi connectivity index (χ3n) is 4.80. The van der Waals surface area contributed by atoms with E-state index < -0.39 is 15.9 Å². The molecule has 0 aliphatic carbocycles. The van der Waals surface area contributed by atoms with E-state index in [1.807, 2.05) is 0 Å². The Balaban J connectivity index is 1.65. The lowest BCUT2D eigenvalue weighted by Crippen LogP contribution is -2.44. The molecular formula is C20H23ClN2O4S. The van der Waals surface area contributed by atoms with Gasteiger partial charge in [-0.3, -0.25) is 4.79 Å². The number of nitrogens with zero attached hydrogens (tertiary/aromatic N) is 1. The number of piperidine rings is 1. The quantitative estimate of drug-likeness (QED) is 0.772. The first-order valence-corrected chi connectivity index (χ1v) is 11.0. The van der Waals surface area contributed by atoms with E-state index in [4.69, 9.17) is 16.3 Å². The molecule has 2 aromatic rings. The summed E-state index contributed by atoms with van der Waals surface area (Å²) in [5.41, 5.74) is 1.22. The number of benzene rings is 2. The Morgan fingerprint density at radius 3 is 2.61 bits per heavy atom. The Kier molecular flexibility index (Phi) is 6.59. The van der Waals surface area contributed by atoms with Gasteiger partial charge in [0, 0.05) is 23.8 Å². The SMILES string of the molecule is COc1ccc(NC(=O)[C@@H]2CCCN(S(=O)(=O)Cc3ccccc3Cl)C2)cc1. The smallest absolute Gasteiger partial charge is 0.228 e. The number of carbonyl (C=O) groups is 1. The fourth-order valence-electron chi connectivity index (χ4n) is 3.23. The van der Waals surface area contributed by atoms with Crippen molar-refractivity contribution in [2.75, 3.05) is 25.5 Å². The van der Waals surface area contributed by atoms with Gasteiger partial charge in [-0.25, -0.2) is 12.7 Å². The number of rotatable bonds is 6. The molecule has 1 saturated heterocycles. The second-order valence-electron chi connectivity index (χ2n) is 6.76. The molecule has 0 unspecified atom stereocenters. The van der Waals surface area contributed by atoms with Gasteiger partial charge in [-0.05, 0) is 48.7 Å². The van der Waals surface area contributed by atoms with Crippen molar-refractivity contribution in [1.29, 1.82) is 0 Å². The van der Waals surface area contributed by atoms with E-state index in [9.17, 15) is 13.2 Å². The van der Waals surface area contributed by atoms with Gasteiger partial charge in [-0.1, -0.05) is 29.8 Å². The Hall–Kier alpha value is -2.09. The zero-order valence-electron chi connectivity index (χ0n) is 15.6. The number of methoxy groups -OCH3 is 1. The molecule has 28 heavy (non-hydrogen) atoms. The molecule has 3 rings (SSSR count). The van der Waals surface area contributed by atoms with E-state index in [0.29, 0.717) is 41.4 Å². The monoisotopic (exact) mass is 422 g/mol. The molecule has 0 aromatic heterocycles. The number of anilines is 1. The highest BCUT2D eigenvalue weighted by molar-refractivity contribution is 7.88. The maximum Gasteiger partial charge on any atom is 0.228 e. The second-order valence-corrected chi connectivity index (χ2v) is 9.14. The van der Waals surface area contributed by atoms with Crippen LogP contribution in [0.5, 0.6) is 5.75 Å². The van der Waals surface area contributed by atoms with Crippen LogP contribution < -0.4 is 10.1 Å². The van der Waals surface area contributed by atoms with E-state index in [1.54, 1.807) is 55.6 Å². The number of ether oxygens (including phenoxy) is 1. The number of sulfonamides is 1. The minimum absolute atomic E-state index is 0.167. The number of halogens is 1. The highest BCUT2D eigenvalue weighted by Crippen LogP contribution is 2.25. The van der Waals surface area contributed by atoms with Gasteiger partial charge >= 0.3 is 0 Å². The summed E-state index contributed by atoms with van der Waals surface area (Å²) in [5.74, 6) is -0.0355. The van der Waals surface area contributed by atoms with Gasteiger partial charge in [0.1, 0.15) is 5.75 Å². The van der Waals surface area contributed by atoms with Crippen molar-refractivity contribution < 1.29 is 17.9 Å². The maximum absolute atomic E-state index is 12.8. The van der Waals surface area contributed by atoms with Crippen LogP contribution in [0.15, 0.2) is 48.5 Å². The molecule has 6 nitrogen and oxygen atoms in total. The molecule has 0 bridgehead atoms. The topological polar surface area (TPSA) is 75.7 Å². The van der Waals surface area contributed by atoms with E-state index >= 15 is 0 Å². The van der Waals surface area contributed by atoms with Crippen LogP contribution >= 0.6 is 11.6 Å². The molecule has 1 amide bonds. The zero-order chi connectivity index (χ0) is 20.1. The van der Waals surface area contributed by atoms with Crippen LogP contribution in [-0.4, -0.2) is 38.8 Å². The minimum Gasteiger partial charge on any atom is -0.497 e. The first-order chi connectivity index (χ1) is 13.4. The van der Waals surface area contributed by atoms with Crippen molar-refractivity contribution >= 4 is 33.2 Å². The predicted molar refractivity (Wildman–Crippen MR) is 110 cm³/mol. The Bertz CT molecular complexity index is 931. The van der Waals surface area contributed by atoms with E-state index in [2.05, 4.69) is 5.32 Å². The Morgan fingerprint density at radius 1 is 1.21 bits per heavy atom. The third kappa shape index (κ3) is 5.04. The largest absolute Gasteiger partial charge is 0.497 e. The van der Waals surface area contributed by atoms with Crippen molar-refractivity contribution in [1.82, 2.24) is 4.31 Å². The lowest BCUT2D eigenvalue weighted by Gasteiger charge is -2.31. The van der Waals surface area contributed by atoms with Crippen LogP contribution in [0.2, 0.25) is 5.02 Å². The summed E-state index contributed by atoms with van der Waals surface area (Å²) >= 11 is 6.10. The lowest BCUT2D eigenvalue weighted by atomic mass is 9.99. The Labute approximate surface area is 170 Å². The normalized spacial score (nSPS) is 17.9. The number of hydrogen-bond acceptors (Lipinski definition) is 4. The molecule has 2 aromatic carbocycles. The Morgan fingerprint density at radius 2 is 1.93 bits per heavy atom. The zero-order valence-corrected chi connectivity index (χ0v) is 17.2. The van der Waals surface area contributed by atoms with Crippen molar-refractivity contribution in [2.24, 2.45) is 5.92 Å². The van der Waals surface area contributed by atoms with Crippen molar-refractivity contribution in [3.8, 4) is 5.75 Å². The molecule has 1 fully saturated rings. The molecule has 8 heteroatoms. The summed E-state index contributed by atoms with van der Waals surface area (Å²) in [6, 6.07) is 13.9. The third-order valence-corrected chi connectivity index (χ3v) is 6.96. The van der Waals surface area contributed by atoms with Gasteiger partial charge in [0.25, 0.3) is 0 Å². The van der Waals surface area contributed by atoms with Crippen molar-refractivity contribution in [3.63, 3.8) is 0 Å². The molecule has 1 heterocycles. The van der Waals surface area contributed by atoms with Gasteiger partial charge < -0.3 is 10.1 Å². The predicted octanol–water partition coefficient (Wildman–Crippen LogP) is 3.53. The minimum atomic E-state index is -3.55. The van der Waals surface area contributed by atoms with Gasteiger partial charge in [0.05, 0.1) is 18.8 Å². The highest BCUT2D eigenvalue weighted by Gasteiger charge is 2.32. The van der Waals surface area contributed by atoms with Crippen LogP contribution in [0.1, 0.15) is 18.4 Å². The molecule has 1 aliphatic heterocycles. The molecule has 0 saturated carbocycles. The van der Waals surface area contributed by atoms with Gasteiger partial charge in [0.2, 0.25) is 15.9 Å². The summed E-state index contributed by atoms with van der Waals surface area (Å²) in [7, 11) is -1.98. The van der Waals surface area contributed by atoms with Crippen molar-refractivity contribution in [2.45, 2.75) is 18.6 Å². The summed E-state index contributed by atoms with van der Waals surface area (Å²) in [5, 5.41) is 3.28. The second kappa shape index (κ2) is 8.94. The highest BCUT2D eigenvalue weighted by atomic mass is 35.5. The standard InChI is InChI=1S/C20H23ClN2O4S/c1-27-18-10-8-17(9-11-18)22-20(24)15-6-4-12-23(13-15)28(25,26)14-16-5-2-3-7-19(16)21/h2-3,5,7-11,15H,4,6,12-14H2,1H3,(H,22,24)/t15-/m1/s1. The fraction of sp³-hybridized carbons (Fsp3) is 0.350. The summed E-state index contributed by atoms with van der Waals surface area (Å²) < 4.78 is 32.2. The van der Waals surface area contributed by atoms with Crippen molar-refractivity contribution in [3.05, 3.63) is 59.1 Å². The van der Waals surface area contributed by atoms with Crippen LogP contribution in [0.4, 0.5) is 5.69 Å². The number of hydrogen-bond donors (Lipinski definition) is 1. The van der Waals surface area contributed by atoms with Crippen LogP contribution in [0, 0.1) is 5.92 Å². The summed E-state index contributed by atoms with van der Waals surface area (Å²) in [4.78, 5) is 12.6. The van der Waals surface area contributed by atoms with Crippen LogP contribution in [0.3, 0.4) is 0 Å². The first-order valence-electron chi connectivity index (χ1n) is 9.05. The average molecular weight is 423 g/mol. The lowest BCUT2D eigenvalue weighted by molar-refractivity contribution is -0.120. The summed E-state index contributed by atoms with van der Waals surface area (Å²) in [6.45, 7) is 0.591. The van der Waals surface area contributed by atoms with Crippen LogP contribution in [0.25, 0.3) is 0 Å². The summed E-state index contributed by atoms with van der Waals surface area (Å²) in [6.07, 6.45) is 1.29. The van der Waals surface area contributed by atoms with E-state index in [1.165, 1.54) is 4.31 Å². The van der Waals surface area contributed by atoms with Gasteiger partial charge in [-0.2, -0.15) is 0 Å². The average Bonchev–Trinajstić information content (AvgIpc) is 2.70. The van der Waals surface area contributed by atoms with Gasteiger partial charge in [-0.15, -0.1) is 0 Å². The molecular weight excluding hydrogens is 400 g/mol. The fourth-order valence-corrected chi connectivity index (χ4v) is 5.15. The van der Waals surface area contributed by atoms with Crippen LogP contribution in [-0.2, 0) is 20.6 Å². The molecule has 1 atom stereocenters. The van der Waals surface area contributed by atoms with E-state index in [-0.39, 0.29) is 18.2 Å². The molecule has 1 N–H and O–H groups in total. The molecule has 150 valence electrons. The molecule has 0 radical (unpaired) electrons. The molecule has 0 spiro atoms. The van der Waals surface area contributed by atoms with E-state index in [0.717, 1.165) is 0 Å². The van der Waals surface area contributed by atoms with Gasteiger partial charge in [0.15, 0.2) is 0 Å². The number of carbonyl (C=O) groups excluding carboxylic acids is 1.